The maximum Gasteiger partial charge on any atom is 0.354 e. The van der Waals surface area contributed by atoms with Gasteiger partial charge in [-0.3, -0.25) is 9.59 Å². The third kappa shape index (κ3) is 8.10. The number of benzene rings is 4. The number of phenolic OH excluding ortho intramolecular Hbond substituents is 1. The van der Waals surface area contributed by atoms with Crippen molar-refractivity contribution < 1.29 is 29.7 Å². The molecule has 242 valence electrons. The van der Waals surface area contributed by atoms with E-state index >= 15 is 0 Å². The van der Waals surface area contributed by atoms with Crippen LogP contribution in [0.3, 0.4) is 0 Å². The number of carbonyl (C=O) groups excluding carboxylic acids is 1. The smallest absolute Gasteiger partial charge is 0.354 e. The van der Waals surface area contributed by atoms with Crippen molar-refractivity contribution in [2.45, 2.75) is 25.7 Å². The number of hydrogen-bond donors (Lipinski definition) is 5. The molecule has 2 aromatic heterocycles. The van der Waals surface area contributed by atoms with Gasteiger partial charge in [0, 0.05) is 28.9 Å². The zero-order valence-corrected chi connectivity index (χ0v) is 25.8. The first-order valence-corrected chi connectivity index (χ1v) is 15.3. The maximum atomic E-state index is 12.0. The number of phenols is 1. The second-order valence-corrected chi connectivity index (χ2v) is 11.0. The van der Waals surface area contributed by atoms with E-state index in [4.69, 9.17) is 5.11 Å². The topological polar surface area (TPSA) is 170 Å². The lowest BCUT2D eigenvalue weighted by molar-refractivity contribution is 0.0680. The number of carbonyl (C=O) groups is 3. The van der Waals surface area contributed by atoms with E-state index < -0.39 is 11.9 Å². The quantitative estimate of drug-likeness (QED) is 0.113. The van der Waals surface area contributed by atoms with Crippen molar-refractivity contribution in [2.75, 3.05) is 6.54 Å². The molecule has 0 saturated carbocycles. The largest absolute Gasteiger partial charge is 0.506 e. The summed E-state index contributed by atoms with van der Waals surface area (Å²) in [6.07, 6.45) is 2.75. The first-order valence-electron chi connectivity index (χ1n) is 15.3. The number of para-hydroxylation sites is 2. The van der Waals surface area contributed by atoms with Gasteiger partial charge in [-0.1, -0.05) is 72.8 Å². The fourth-order valence-electron chi connectivity index (χ4n) is 5.37. The predicted molar refractivity (Wildman–Crippen MR) is 183 cm³/mol. The zero-order valence-electron chi connectivity index (χ0n) is 25.8. The molecule has 2 heterocycles. The summed E-state index contributed by atoms with van der Waals surface area (Å²) in [5.74, 6) is -2.47. The normalized spacial score (nSPS) is 10.7. The van der Waals surface area contributed by atoms with Gasteiger partial charge < -0.3 is 25.6 Å². The average Bonchev–Trinajstić information content (AvgIpc) is 3.10. The van der Waals surface area contributed by atoms with Gasteiger partial charge in [0.25, 0.3) is 5.91 Å². The molecule has 0 saturated heterocycles. The summed E-state index contributed by atoms with van der Waals surface area (Å²) in [5.41, 5.74) is 3.95. The van der Waals surface area contributed by atoms with E-state index in [0.717, 1.165) is 30.0 Å². The van der Waals surface area contributed by atoms with Gasteiger partial charge in [0.2, 0.25) is 0 Å². The Morgan fingerprint density at radius 1 is 0.708 bits per heavy atom. The van der Waals surface area contributed by atoms with Crippen LogP contribution in [0, 0.1) is 0 Å². The fraction of sp³-hybridized carbons (Fsp3) is 0.132. The molecule has 48 heavy (non-hydrogen) atoms. The number of carboxylic acid groups (broad SMARTS) is 2. The van der Waals surface area contributed by atoms with Crippen LogP contribution in [0.1, 0.15) is 54.4 Å². The first kappa shape index (κ1) is 33.1. The number of pyridine rings is 2. The molecule has 10 nitrogen and oxygen atoms in total. The number of amides is 1. The molecule has 0 aliphatic heterocycles. The molecule has 0 fully saturated rings. The van der Waals surface area contributed by atoms with Crippen molar-refractivity contribution in [3.8, 4) is 5.75 Å². The molecule has 0 spiro atoms. The molecule has 5 N–H and O–H groups in total. The Hall–Kier alpha value is -6.29. The van der Waals surface area contributed by atoms with Crippen LogP contribution in [0.25, 0.3) is 21.8 Å². The summed E-state index contributed by atoms with van der Waals surface area (Å²) < 4.78 is 0. The second kappa shape index (κ2) is 15.3. The molecule has 0 aliphatic rings. The Morgan fingerprint density at radius 2 is 1.40 bits per heavy atom. The van der Waals surface area contributed by atoms with Gasteiger partial charge in [0.15, 0.2) is 5.43 Å². The van der Waals surface area contributed by atoms with E-state index in [9.17, 15) is 29.4 Å². The van der Waals surface area contributed by atoms with Gasteiger partial charge in [-0.2, -0.15) is 0 Å². The summed E-state index contributed by atoms with van der Waals surface area (Å²) >= 11 is 0. The van der Waals surface area contributed by atoms with Crippen molar-refractivity contribution in [3.63, 3.8) is 0 Å². The minimum absolute atomic E-state index is 0.0516. The molecule has 1 amide bonds. The number of H-pyrrole nitrogens is 1. The van der Waals surface area contributed by atoms with Crippen LogP contribution in [0.2, 0.25) is 0 Å². The SMILES string of the molecule is O=C(NCCCc1cc(C(=O)O)nc2c(O)cccc12)c1ccccc1.O=C(O)c1cc(=O)c2cccc(CCc3ccccc3)c2[nH]1. The van der Waals surface area contributed by atoms with Crippen molar-refractivity contribution in [3.05, 3.63) is 153 Å². The molecule has 0 unspecified atom stereocenters. The number of aryl methyl sites for hydroxylation is 3. The predicted octanol–water partition coefficient (Wildman–Crippen LogP) is 6.01. The Morgan fingerprint density at radius 3 is 2.10 bits per heavy atom. The number of fused-ring (bicyclic) bond motifs is 2. The number of carboxylic acids is 2. The number of hydrogen-bond acceptors (Lipinski definition) is 6. The van der Waals surface area contributed by atoms with Gasteiger partial charge in [0.05, 0.1) is 5.52 Å². The van der Waals surface area contributed by atoms with E-state index in [2.05, 4.69) is 27.4 Å². The molecular weight excluding hydrogens is 610 g/mol. The highest BCUT2D eigenvalue weighted by atomic mass is 16.4. The van der Waals surface area contributed by atoms with Gasteiger partial charge in [-0.25, -0.2) is 14.6 Å². The molecular formula is C38H33N3O7. The number of aromatic carboxylic acids is 2. The van der Waals surface area contributed by atoms with Gasteiger partial charge in [0.1, 0.15) is 22.7 Å². The minimum Gasteiger partial charge on any atom is -0.506 e. The van der Waals surface area contributed by atoms with Crippen LogP contribution in [0.15, 0.2) is 114 Å². The Kier molecular flexibility index (Phi) is 10.6. The molecule has 0 radical (unpaired) electrons. The van der Waals surface area contributed by atoms with E-state index in [1.165, 1.54) is 17.7 Å². The minimum atomic E-state index is -1.14. The molecule has 0 bridgehead atoms. The van der Waals surface area contributed by atoms with Crippen molar-refractivity contribution in [1.82, 2.24) is 15.3 Å². The third-order valence-electron chi connectivity index (χ3n) is 7.77. The number of aromatic hydroxyl groups is 1. The van der Waals surface area contributed by atoms with Crippen LogP contribution in [-0.2, 0) is 19.3 Å². The van der Waals surface area contributed by atoms with E-state index in [0.29, 0.717) is 41.2 Å². The molecule has 0 atom stereocenters. The highest BCUT2D eigenvalue weighted by Crippen LogP contribution is 2.27. The average molecular weight is 644 g/mol. The van der Waals surface area contributed by atoms with Crippen LogP contribution >= 0.6 is 0 Å². The van der Waals surface area contributed by atoms with Gasteiger partial charge >= 0.3 is 11.9 Å². The monoisotopic (exact) mass is 643 g/mol. The summed E-state index contributed by atoms with van der Waals surface area (Å²) in [7, 11) is 0. The van der Waals surface area contributed by atoms with Gasteiger partial charge in [-0.15, -0.1) is 0 Å². The maximum absolute atomic E-state index is 12.0. The van der Waals surface area contributed by atoms with Crippen LogP contribution in [-0.4, -0.2) is 49.7 Å². The highest BCUT2D eigenvalue weighted by molar-refractivity contribution is 5.95. The summed E-state index contributed by atoms with van der Waals surface area (Å²) in [5, 5.41) is 32.4. The summed E-state index contributed by atoms with van der Waals surface area (Å²) in [6.45, 7) is 0.457. The van der Waals surface area contributed by atoms with E-state index in [1.54, 1.807) is 42.5 Å². The van der Waals surface area contributed by atoms with Gasteiger partial charge in [-0.05, 0) is 72.7 Å². The standard InChI is InChI=1S/C20H18N2O4.C18H15NO3/c23-17-10-4-9-15-14(12-16(20(25)26)22-18(15)17)8-5-11-21-19(24)13-6-2-1-3-7-13;20-16-11-15(18(21)22)19-17-13(7-4-8-14(16)17)10-9-12-5-2-1-3-6-12/h1-4,6-7,9-10,12,23H,5,8,11H2,(H,21,24)(H,25,26);1-8,11H,9-10H2,(H,19,20)(H,21,22). The summed E-state index contributed by atoms with van der Waals surface area (Å²) in [4.78, 5) is 53.4. The second-order valence-electron chi connectivity index (χ2n) is 11.0. The third-order valence-corrected chi connectivity index (χ3v) is 7.77. The van der Waals surface area contributed by atoms with Crippen molar-refractivity contribution >= 4 is 39.7 Å². The molecule has 0 aliphatic carbocycles. The number of aromatic amines is 1. The lowest BCUT2D eigenvalue weighted by Crippen LogP contribution is -2.24. The number of aromatic nitrogens is 2. The Balaban J connectivity index is 0.000000190. The molecule has 6 aromatic rings. The zero-order chi connectivity index (χ0) is 34.0. The summed E-state index contributed by atoms with van der Waals surface area (Å²) in [6, 6.07) is 32.1. The lowest BCUT2D eigenvalue weighted by atomic mass is 10.0. The number of nitrogens with one attached hydrogen (secondary N) is 2. The number of rotatable bonds is 10. The Bertz CT molecular complexity index is 2150. The van der Waals surface area contributed by atoms with Crippen molar-refractivity contribution in [1.29, 1.82) is 0 Å². The number of nitrogens with zero attached hydrogens (tertiary/aromatic N) is 1. The van der Waals surface area contributed by atoms with E-state index in [-0.39, 0.29) is 34.0 Å². The van der Waals surface area contributed by atoms with Crippen LogP contribution in [0.5, 0.6) is 5.75 Å². The molecule has 6 rings (SSSR count). The Labute approximate surface area is 275 Å². The van der Waals surface area contributed by atoms with E-state index in [1.807, 2.05) is 36.4 Å². The van der Waals surface area contributed by atoms with Crippen LogP contribution < -0.4 is 10.7 Å². The molecule has 10 heteroatoms. The van der Waals surface area contributed by atoms with Crippen LogP contribution in [0.4, 0.5) is 0 Å². The fourth-order valence-corrected chi connectivity index (χ4v) is 5.37. The highest BCUT2D eigenvalue weighted by Gasteiger charge is 2.14. The van der Waals surface area contributed by atoms with Crippen molar-refractivity contribution in [2.24, 2.45) is 0 Å². The lowest BCUT2D eigenvalue weighted by Gasteiger charge is -2.10. The first-order chi connectivity index (χ1) is 23.2. The molecule has 4 aromatic carbocycles.